The number of halogens is 6. The molecule has 0 aliphatic rings. The maximum absolute atomic E-state index is 13.3. The Morgan fingerprint density at radius 1 is 0.542 bits per heavy atom. The predicted octanol–water partition coefficient (Wildman–Crippen LogP) is 11.1. The Morgan fingerprint density at radius 2 is 0.854 bits per heavy atom. The summed E-state index contributed by atoms with van der Waals surface area (Å²) in [5.74, 6) is -5.33. The molecule has 0 amide bonds. The van der Waals surface area contributed by atoms with Gasteiger partial charge in [-0.25, -0.2) is 19.2 Å². The number of hydrogen-bond acceptors (Lipinski definition) is 8. The summed E-state index contributed by atoms with van der Waals surface area (Å²) >= 11 is 37.6. The van der Waals surface area contributed by atoms with E-state index < -0.39 is 46.5 Å². The molecule has 8 nitrogen and oxygen atoms in total. The first-order chi connectivity index (χ1) is 22.3. The molecular weight excluding hydrogens is 749 g/mol. The van der Waals surface area contributed by atoms with Crippen LogP contribution in [-0.4, -0.2) is 37.1 Å². The smallest absolute Gasteiger partial charge is 0.423 e. The molecule has 0 aliphatic heterocycles. The van der Waals surface area contributed by atoms with Crippen LogP contribution in [0.2, 0.25) is 30.1 Å². The summed E-state index contributed by atoms with van der Waals surface area (Å²) in [5.41, 5.74) is -0.944. The minimum absolute atomic E-state index is 0.0201. The van der Waals surface area contributed by atoms with Crippen molar-refractivity contribution in [2.45, 2.75) is 68.2 Å². The Morgan fingerprint density at radius 3 is 1.12 bits per heavy atom. The number of esters is 4. The van der Waals surface area contributed by atoms with Crippen LogP contribution in [0.15, 0.2) is 12.1 Å². The highest BCUT2D eigenvalue weighted by atomic mass is 35.5. The molecule has 0 spiro atoms. The number of rotatable bonds is 14. The highest BCUT2D eigenvalue weighted by Gasteiger charge is 2.33. The van der Waals surface area contributed by atoms with Gasteiger partial charge in [0.1, 0.15) is 11.1 Å². The molecule has 2 atom stereocenters. The van der Waals surface area contributed by atoms with Gasteiger partial charge >= 0.3 is 23.9 Å². The van der Waals surface area contributed by atoms with Crippen LogP contribution in [0, 0.1) is 35.5 Å². The molecule has 2 aromatic rings. The molecule has 0 aromatic heterocycles. The summed E-state index contributed by atoms with van der Waals surface area (Å²) in [6.45, 7) is 16.3. The fourth-order valence-electron chi connectivity index (χ4n) is 4.78. The number of ether oxygens (including phenoxy) is 4. The molecule has 14 heteroatoms. The lowest BCUT2D eigenvalue weighted by Crippen LogP contribution is -2.28. The van der Waals surface area contributed by atoms with E-state index in [-0.39, 0.29) is 67.0 Å². The van der Waals surface area contributed by atoms with Crippen LogP contribution in [0.3, 0.4) is 0 Å². The molecule has 0 saturated heterocycles. The van der Waals surface area contributed by atoms with Crippen LogP contribution >= 0.6 is 69.6 Å². The summed E-state index contributed by atoms with van der Waals surface area (Å²) in [5, 5.41) is -1.53. The fraction of sp³-hybridized carbons (Fsp3) is 0.529. The summed E-state index contributed by atoms with van der Waals surface area (Å²) in [7, 11) is 0. The Balaban J connectivity index is 2.39. The zero-order valence-electron chi connectivity index (χ0n) is 28.0. The van der Waals surface area contributed by atoms with Crippen LogP contribution in [0.5, 0.6) is 11.5 Å². The molecule has 0 bridgehead atoms. The van der Waals surface area contributed by atoms with E-state index in [4.69, 9.17) is 88.6 Å². The normalized spacial score (nSPS) is 12.8. The van der Waals surface area contributed by atoms with Gasteiger partial charge in [-0.1, -0.05) is 125 Å². The van der Waals surface area contributed by atoms with Crippen molar-refractivity contribution >= 4 is 93.5 Å². The molecule has 48 heavy (non-hydrogen) atoms. The van der Waals surface area contributed by atoms with E-state index in [2.05, 4.69) is 27.7 Å². The van der Waals surface area contributed by atoms with E-state index in [0.29, 0.717) is 11.8 Å². The minimum atomic E-state index is -1.65. The predicted molar refractivity (Wildman–Crippen MR) is 190 cm³/mol. The first kappa shape index (κ1) is 42.2. The minimum Gasteiger partial charge on any atom is -0.462 e. The second-order valence-electron chi connectivity index (χ2n) is 13.0. The SMILES string of the molecule is CC(C)CC(COC(=O)c1c(Cl)c(Cl)cc(Cl)c1OC(=O)C(=O)Oc1c(Cl)cc(Cl)c(Cl)c1C(=O)OCC(CC(C)C)C(C)C)C(C)C. The second kappa shape index (κ2) is 18.9. The van der Waals surface area contributed by atoms with E-state index in [1.165, 1.54) is 0 Å². The van der Waals surface area contributed by atoms with E-state index in [1.54, 1.807) is 0 Å². The van der Waals surface area contributed by atoms with Gasteiger partial charge in [-0.15, -0.1) is 0 Å². The number of hydrogen-bond donors (Lipinski definition) is 0. The van der Waals surface area contributed by atoms with Gasteiger partial charge < -0.3 is 18.9 Å². The van der Waals surface area contributed by atoms with Crippen molar-refractivity contribution in [2.75, 3.05) is 13.2 Å². The van der Waals surface area contributed by atoms with Gasteiger partial charge in [0, 0.05) is 0 Å². The van der Waals surface area contributed by atoms with E-state index in [0.717, 1.165) is 25.0 Å². The molecule has 0 aliphatic carbocycles. The van der Waals surface area contributed by atoms with Crippen molar-refractivity contribution in [1.82, 2.24) is 0 Å². The van der Waals surface area contributed by atoms with Crippen molar-refractivity contribution in [3.8, 4) is 11.5 Å². The zero-order valence-corrected chi connectivity index (χ0v) is 32.5. The standard InChI is InChI=1S/C34H40Cl6O8/c1-15(2)9-19(17(5)6)13-45-31(41)25-27(39)21(35)11-23(37)29(25)47-33(43)34(44)48-30-24(38)12-22(36)28(40)26(30)32(42)46-14-20(18(7)8)10-16(3)4/h11-12,15-20H,9-10,13-14H2,1-8H3. The van der Waals surface area contributed by atoms with Crippen molar-refractivity contribution in [3.05, 3.63) is 53.4 Å². The van der Waals surface area contributed by atoms with E-state index in [9.17, 15) is 19.2 Å². The Bertz CT molecular complexity index is 1390. The Labute approximate surface area is 311 Å². The molecule has 2 rings (SSSR count). The van der Waals surface area contributed by atoms with Gasteiger partial charge in [0.05, 0.1) is 43.3 Å². The van der Waals surface area contributed by atoms with Gasteiger partial charge in [-0.2, -0.15) is 0 Å². The molecule has 266 valence electrons. The highest BCUT2D eigenvalue weighted by Crippen LogP contribution is 2.42. The van der Waals surface area contributed by atoms with Gasteiger partial charge in [-0.3, -0.25) is 0 Å². The molecule has 0 fully saturated rings. The van der Waals surface area contributed by atoms with Gasteiger partial charge in [-0.05, 0) is 60.5 Å². The lowest BCUT2D eigenvalue weighted by molar-refractivity contribution is -0.156. The monoisotopic (exact) mass is 786 g/mol. The number of carbonyl (C=O) groups excluding carboxylic acids is 4. The van der Waals surface area contributed by atoms with Crippen LogP contribution in [0.4, 0.5) is 0 Å². The molecule has 0 saturated carbocycles. The van der Waals surface area contributed by atoms with Gasteiger partial charge in [0.25, 0.3) is 0 Å². The van der Waals surface area contributed by atoms with Crippen LogP contribution in [0.25, 0.3) is 0 Å². The maximum Gasteiger partial charge on any atom is 0.423 e. The molecule has 0 N–H and O–H groups in total. The summed E-state index contributed by atoms with van der Waals surface area (Å²) in [6.07, 6.45) is 1.57. The van der Waals surface area contributed by atoms with E-state index >= 15 is 0 Å². The van der Waals surface area contributed by atoms with Crippen LogP contribution in [-0.2, 0) is 19.1 Å². The Hall–Kier alpha value is -1.94. The fourth-order valence-corrected chi connectivity index (χ4v) is 6.21. The Kier molecular flexibility index (Phi) is 16.6. The zero-order chi connectivity index (χ0) is 36.6. The number of benzene rings is 2. The topological polar surface area (TPSA) is 105 Å². The molecule has 0 heterocycles. The molecular formula is C34H40Cl6O8. The van der Waals surface area contributed by atoms with Gasteiger partial charge in [0.15, 0.2) is 11.5 Å². The second-order valence-corrected chi connectivity index (χ2v) is 15.3. The maximum atomic E-state index is 13.3. The van der Waals surface area contributed by atoms with Gasteiger partial charge in [0.2, 0.25) is 0 Å². The third-order valence-corrected chi connectivity index (χ3v) is 9.64. The quantitative estimate of drug-likeness (QED) is 0.0806. The third-order valence-electron chi connectivity index (χ3n) is 7.51. The van der Waals surface area contributed by atoms with Crippen molar-refractivity contribution in [2.24, 2.45) is 35.5 Å². The molecule has 2 aromatic carbocycles. The number of carbonyl (C=O) groups is 4. The van der Waals surface area contributed by atoms with E-state index in [1.807, 2.05) is 27.7 Å². The highest BCUT2D eigenvalue weighted by molar-refractivity contribution is 6.47. The van der Waals surface area contributed by atoms with Crippen molar-refractivity contribution < 1.29 is 38.1 Å². The third kappa shape index (κ3) is 11.6. The first-order valence-electron chi connectivity index (χ1n) is 15.4. The van der Waals surface area contributed by atoms with Crippen LogP contribution < -0.4 is 9.47 Å². The lowest BCUT2D eigenvalue weighted by atomic mass is 9.88. The first-order valence-corrected chi connectivity index (χ1v) is 17.7. The molecule has 0 radical (unpaired) electrons. The summed E-state index contributed by atoms with van der Waals surface area (Å²) in [4.78, 5) is 52.6. The largest absolute Gasteiger partial charge is 0.462 e. The molecule has 2 unspecified atom stereocenters. The summed E-state index contributed by atoms with van der Waals surface area (Å²) in [6, 6.07) is 2.25. The summed E-state index contributed by atoms with van der Waals surface area (Å²) < 4.78 is 21.5. The average molecular weight is 789 g/mol. The van der Waals surface area contributed by atoms with Crippen molar-refractivity contribution in [3.63, 3.8) is 0 Å². The van der Waals surface area contributed by atoms with Crippen molar-refractivity contribution in [1.29, 1.82) is 0 Å². The average Bonchev–Trinajstić information content (AvgIpc) is 2.97. The van der Waals surface area contributed by atoms with Crippen LogP contribution in [0.1, 0.15) is 88.9 Å². The lowest BCUT2D eigenvalue weighted by Gasteiger charge is -2.23.